The molecular weight excluding hydrogens is 426 g/mol. The van der Waals surface area contributed by atoms with Gasteiger partial charge in [0.1, 0.15) is 0 Å². The minimum Gasteiger partial charge on any atom is -0.493 e. The molecule has 1 heterocycles. The lowest BCUT2D eigenvalue weighted by Crippen LogP contribution is -2.43. The van der Waals surface area contributed by atoms with Gasteiger partial charge in [0.15, 0.2) is 11.5 Å². The van der Waals surface area contributed by atoms with Crippen molar-refractivity contribution in [2.75, 3.05) is 59.0 Å². The average molecular weight is 458 g/mol. The van der Waals surface area contributed by atoms with Crippen LogP contribution >= 0.6 is 0 Å². The molecule has 2 aromatic rings. The van der Waals surface area contributed by atoms with Crippen molar-refractivity contribution >= 4 is 17.7 Å². The van der Waals surface area contributed by atoms with Crippen molar-refractivity contribution in [2.45, 2.75) is 13.0 Å². The summed E-state index contributed by atoms with van der Waals surface area (Å²) in [6.45, 7) is 5.18. The molecule has 3 rings (SSSR count). The fourth-order valence-electron chi connectivity index (χ4n) is 3.72. The second-order valence-electron chi connectivity index (χ2n) is 7.41. The molecule has 2 aromatic carbocycles. The van der Waals surface area contributed by atoms with Crippen LogP contribution in [0.3, 0.4) is 0 Å². The third-order valence-electron chi connectivity index (χ3n) is 5.38. The Balaban J connectivity index is 1.74. The zero-order valence-corrected chi connectivity index (χ0v) is 19.3. The summed E-state index contributed by atoms with van der Waals surface area (Å²) in [4.78, 5) is 26.9. The molecule has 9 heteroatoms. The van der Waals surface area contributed by atoms with Crippen LogP contribution in [0.4, 0.5) is 10.5 Å². The molecule has 1 unspecified atom stereocenters. The average Bonchev–Trinajstić information content (AvgIpc) is 2.84. The maximum absolute atomic E-state index is 12.9. The first-order valence-electron chi connectivity index (χ1n) is 10.9. The molecule has 0 saturated carbocycles. The largest absolute Gasteiger partial charge is 0.493 e. The van der Waals surface area contributed by atoms with E-state index in [0.717, 1.165) is 18.7 Å². The Morgan fingerprint density at radius 2 is 1.82 bits per heavy atom. The molecule has 0 aliphatic carbocycles. The van der Waals surface area contributed by atoms with Crippen LogP contribution in [-0.4, -0.2) is 70.6 Å². The van der Waals surface area contributed by atoms with Crippen molar-refractivity contribution < 1.29 is 28.5 Å². The number of nitrogens with one attached hydrogen (secondary N) is 2. The zero-order chi connectivity index (χ0) is 23.6. The SMILES string of the molecule is CCOC(=O)Nc1cccc(C(=O)NCC(c2ccc(OC)c(OC)c2)N2CCOCC2)c1. The van der Waals surface area contributed by atoms with Crippen molar-refractivity contribution in [2.24, 2.45) is 0 Å². The summed E-state index contributed by atoms with van der Waals surface area (Å²) in [6.07, 6.45) is -0.559. The maximum atomic E-state index is 12.9. The molecule has 0 spiro atoms. The van der Waals surface area contributed by atoms with Crippen LogP contribution in [0.5, 0.6) is 11.5 Å². The van der Waals surface area contributed by atoms with Gasteiger partial charge in [0, 0.05) is 30.9 Å². The van der Waals surface area contributed by atoms with Gasteiger partial charge in [-0.15, -0.1) is 0 Å². The van der Waals surface area contributed by atoms with E-state index in [1.807, 2.05) is 18.2 Å². The molecule has 1 atom stereocenters. The third kappa shape index (κ3) is 6.59. The smallest absolute Gasteiger partial charge is 0.411 e. The van der Waals surface area contributed by atoms with E-state index in [1.165, 1.54) is 0 Å². The first kappa shape index (κ1) is 24.3. The van der Waals surface area contributed by atoms with E-state index in [0.29, 0.717) is 42.5 Å². The second-order valence-corrected chi connectivity index (χ2v) is 7.41. The number of hydrogen-bond acceptors (Lipinski definition) is 7. The number of ether oxygens (including phenoxy) is 4. The molecule has 0 aromatic heterocycles. The Morgan fingerprint density at radius 1 is 1.06 bits per heavy atom. The summed E-state index contributed by atoms with van der Waals surface area (Å²) >= 11 is 0. The van der Waals surface area contributed by atoms with Crippen LogP contribution in [0.25, 0.3) is 0 Å². The van der Waals surface area contributed by atoms with Crippen molar-refractivity contribution in [3.63, 3.8) is 0 Å². The number of amides is 2. The van der Waals surface area contributed by atoms with E-state index in [2.05, 4.69) is 15.5 Å². The predicted molar refractivity (Wildman–Crippen MR) is 124 cm³/mol. The summed E-state index contributed by atoms with van der Waals surface area (Å²) in [5, 5.41) is 5.64. The Kier molecular flexibility index (Phi) is 8.91. The van der Waals surface area contributed by atoms with E-state index >= 15 is 0 Å². The van der Waals surface area contributed by atoms with Gasteiger partial charge in [0.2, 0.25) is 0 Å². The fraction of sp³-hybridized carbons (Fsp3) is 0.417. The standard InChI is InChI=1S/C24H31N3O6/c1-4-33-24(29)26-19-7-5-6-18(14-19)23(28)25-16-20(27-10-12-32-13-11-27)17-8-9-21(30-2)22(15-17)31-3/h5-9,14-15,20H,4,10-13,16H2,1-3H3,(H,25,28)(H,26,29). The van der Waals surface area contributed by atoms with E-state index in [9.17, 15) is 9.59 Å². The molecule has 0 bridgehead atoms. The van der Waals surface area contributed by atoms with Gasteiger partial charge in [0.25, 0.3) is 5.91 Å². The highest BCUT2D eigenvalue weighted by atomic mass is 16.5. The predicted octanol–water partition coefficient (Wildman–Crippen LogP) is 3.08. The molecule has 1 aliphatic rings. The second kappa shape index (κ2) is 12.1. The number of hydrogen-bond donors (Lipinski definition) is 2. The Bertz CT molecular complexity index is 946. The zero-order valence-electron chi connectivity index (χ0n) is 19.3. The number of benzene rings is 2. The van der Waals surface area contributed by atoms with Crippen LogP contribution in [0.15, 0.2) is 42.5 Å². The summed E-state index contributed by atoms with van der Waals surface area (Å²) < 4.78 is 21.2. The molecule has 2 amide bonds. The van der Waals surface area contributed by atoms with Crippen molar-refractivity contribution in [1.82, 2.24) is 10.2 Å². The maximum Gasteiger partial charge on any atom is 0.411 e. The highest BCUT2D eigenvalue weighted by Gasteiger charge is 2.24. The monoisotopic (exact) mass is 457 g/mol. The van der Waals surface area contributed by atoms with Crippen molar-refractivity contribution in [3.8, 4) is 11.5 Å². The van der Waals surface area contributed by atoms with Crippen LogP contribution in [0, 0.1) is 0 Å². The molecular formula is C24H31N3O6. The molecule has 33 heavy (non-hydrogen) atoms. The van der Waals surface area contributed by atoms with Gasteiger partial charge in [0.05, 0.1) is 40.1 Å². The molecule has 9 nitrogen and oxygen atoms in total. The topological polar surface area (TPSA) is 98.4 Å². The molecule has 0 radical (unpaired) electrons. The quantitative estimate of drug-likeness (QED) is 0.597. The van der Waals surface area contributed by atoms with E-state index in [4.69, 9.17) is 18.9 Å². The number of nitrogens with zero attached hydrogens (tertiary/aromatic N) is 1. The molecule has 1 fully saturated rings. The lowest BCUT2D eigenvalue weighted by atomic mass is 10.0. The molecule has 178 valence electrons. The Labute approximate surface area is 193 Å². The van der Waals surface area contributed by atoms with Gasteiger partial charge in [-0.1, -0.05) is 12.1 Å². The summed E-state index contributed by atoms with van der Waals surface area (Å²) in [6, 6.07) is 12.5. The third-order valence-corrected chi connectivity index (χ3v) is 5.38. The number of anilines is 1. The van der Waals surface area contributed by atoms with Crippen LogP contribution in [0.1, 0.15) is 28.9 Å². The summed E-state index contributed by atoms with van der Waals surface area (Å²) in [5.74, 6) is 1.05. The summed E-state index contributed by atoms with van der Waals surface area (Å²) in [7, 11) is 3.20. The number of morpholine rings is 1. The molecule has 1 saturated heterocycles. The lowest BCUT2D eigenvalue weighted by Gasteiger charge is -2.35. The first-order chi connectivity index (χ1) is 16.0. The van der Waals surface area contributed by atoms with Gasteiger partial charge in [-0.3, -0.25) is 15.0 Å². The highest BCUT2D eigenvalue weighted by molar-refractivity contribution is 5.96. The van der Waals surface area contributed by atoms with E-state index in [-0.39, 0.29) is 18.6 Å². The van der Waals surface area contributed by atoms with Gasteiger partial charge >= 0.3 is 6.09 Å². The number of rotatable bonds is 9. The summed E-state index contributed by atoms with van der Waals surface area (Å²) in [5.41, 5.74) is 1.94. The number of carbonyl (C=O) groups excluding carboxylic acids is 2. The van der Waals surface area contributed by atoms with Gasteiger partial charge < -0.3 is 24.3 Å². The van der Waals surface area contributed by atoms with Crippen LogP contribution in [0.2, 0.25) is 0 Å². The van der Waals surface area contributed by atoms with Gasteiger partial charge in [-0.05, 0) is 42.8 Å². The van der Waals surface area contributed by atoms with E-state index in [1.54, 1.807) is 45.4 Å². The molecule has 2 N–H and O–H groups in total. The van der Waals surface area contributed by atoms with Crippen molar-refractivity contribution in [3.05, 3.63) is 53.6 Å². The van der Waals surface area contributed by atoms with Crippen molar-refractivity contribution in [1.29, 1.82) is 0 Å². The highest BCUT2D eigenvalue weighted by Crippen LogP contribution is 2.32. The van der Waals surface area contributed by atoms with Crippen LogP contribution < -0.4 is 20.1 Å². The van der Waals surface area contributed by atoms with Gasteiger partial charge in [-0.25, -0.2) is 4.79 Å². The fourth-order valence-corrected chi connectivity index (χ4v) is 3.72. The number of methoxy groups -OCH3 is 2. The minimum absolute atomic E-state index is 0.0708. The lowest BCUT2D eigenvalue weighted by molar-refractivity contribution is 0.0162. The molecule has 1 aliphatic heterocycles. The Morgan fingerprint density at radius 3 is 2.52 bits per heavy atom. The van der Waals surface area contributed by atoms with E-state index < -0.39 is 6.09 Å². The van der Waals surface area contributed by atoms with Crippen LogP contribution in [-0.2, 0) is 9.47 Å². The normalized spacial score (nSPS) is 14.8. The Hall–Kier alpha value is -3.30. The van der Waals surface area contributed by atoms with Gasteiger partial charge in [-0.2, -0.15) is 0 Å². The number of carbonyl (C=O) groups is 2. The minimum atomic E-state index is -0.559. The first-order valence-corrected chi connectivity index (χ1v) is 10.9.